The zero-order valence-electron chi connectivity index (χ0n) is 32.3. The van der Waals surface area contributed by atoms with Crippen molar-refractivity contribution in [1.29, 1.82) is 0 Å². The highest BCUT2D eigenvalue weighted by Crippen LogP contribution is 2.47. The Morgan fingerprint density at radius 1 is 0.370 bits per heavy atom. The molecule has 6 aromatic carbocycles. The molecule has 6 rings (SSSR count). The van der Waals surface area contributed by atoms with E-state index in [1.807, 2.05) is 48.5 Å². The molecule has 0 amide bonds. The fraction of sp³-hybridized carbons (Fsp3) is 0.250. The quantitative estimate of drug-likeness (QED) is 0.0916. The average molecular weight is 721 g/mol. The Kier molecular flexibility index (Phi) is 12.4. The van der Waals surface area contributed by atoms with Crippen molar-refractivity contribution in [3.05, 3.63) is 179 Å². The first-order valence-electron chi connectivity index (χ1n) is 18.8. The van der Waals surface area contributed by atoms with E-state index in [4.69, 9.17) is 18.9 Å². The van der Waals surface area contributed by atoms with Crippen LogP contribution in [0.2, 0.25) is 0 Å². The van der Waals surface area contributed by atoms with Crippen molar-refractivity contribution in [2.24, 2.45) is 0 Å². The third-order valence-corrected chi connectivity index (χ3v) is 10.3. The van der Waals surface area contributed by atoms with E-state index in [9.17, 15) is 0 Å². The summed E-state index contributed by atoms with van der Waals surface area (Å²) in [7, 11) is 6.82. The monoisotopic (exact) mass is 720 g/mol. The largest absolute Gasteiger partial charge is 0.497 e. The van der Waals surface area contributed by atoms with Crippen LogP contribution in [0.4, 0.5) is 0 Å². The molecule has 0 aliphatic heterocycles. The maximum atomic E-state index is 5.64. The number of hydrogen-bond donors (Lipinski definition) is 2. The molecule has 0 fully saturated rings. The molecule has 6 heteroatoms. The van der Waals surface area contributed by atoms with E-state index in [0.29, 0.717) is 0 Å². The maximum absolute atomic E-state index is 5.64. The van der Waals surface area contributed by atoms with Gasteiger partial charge in [-0.2, -0.15) is 0 Å². The van der Waals surface area contributed by atoms with Crippen LogP contribution in [-0.2, 0) is 11.1 Å². The molecule has 2 N–H and O–H groups in total. The van der Waals surface area contributed by atoms with E-state index in [1.54, 1.807) is 28.4 Å². The van der Waals surface area contributed by atoms with Gasteiger partial charge in [-0.15, -0.1) is 0 Å². The van der Waals surface area contributed by atoms with Gasteiger partial charge in [0.25, 0.3) is 0 Å². The van der Waals surface area contributed by atoms with Crippen LogP contribution >= 0.6 is 0 Å². The van der Waals surface area contributed by atoms with Gasteiger partial charge >= 0.3 is 0 Å². The zero-order valence-corrected chi connectivity index (χ0v) is 32.3. The van der Waals surface area contributed by atoms with E-state index < -0.39 is 11.1 Å². The summed E-state index contributed by atoms with van der Waals surface area (Å²) < 4.78 is 22.5. The lowest BCUT2D eigenvalue weighted by Crippen LogP contribution is -2.46. The van der Waals surface area contributed by atoms with Crippen LogP contribution in [0.5, 0.6) is 23.0 Å². The summed E-state index contributed by atoms with van der Waals surface area (Å²) in [5.41, 5.74) is 7.45. The Hall–Kier alpha value is -5.56. The second-order valence-electron chi connectivity index (χ2n) is 13.4. The lowest BCUT2D eigenvalue weighted by atomic mass is 9.70. The molecule has 54 heavy (non-hydrogen) atoms. The Balaban J connectivity index is 1.70. The van der Waals surface area contributed by atoms with Crippen LogP contribution in [0.3, 0.4) is 0 Å². The van der Waals surface area contributed by atoms with Gasteiger partial charge in [0.2, 0.25) is 0 Å². The molecule has 0 unspecified atom stereocenters. The number of benzene rings is 6. The molecular formula is C48H52N2O4. The summed E-state index contributed by atoms with van der Waals surface area (Å²) in [6.07, 6.45) is 1.90. The van der Waals surface area contributed by atoms with Crippen molar-refractivity contribution in [1.82, 2.24) is 10.6 Å². The number of nitrogens with one attached hydrogen (secondary N) is 2. The summed E-state index contributed by atoms with van der Waals surface area (Å²) in [5.74, 6) is 3.23. The van der Waals surface area contributed by atoms with Gasteiger partial charge in [0.05, 0.1) is 39.5 Å². The van der Waals surface area contributed by atoms with E-state index in [1.165, 1.54) is 0 Å². The van der Waals surface area contributed by atoms with E-state index in [-0.39, 0.29) is 0 Å². The molecule has 0 aliphatic carbocycles. The highest BCUT2D eigenvalue weighted by Gasteiger charge is 2.41. The van der Waals surface area contributed by atoms with Crippen LogP contribution in [0.25, 0.3) is 11.1 Å². The Morgan fingerprint density at radius 2 is 0.630 bits per heavy atom. The first-order chi connectivity index (χ1) is 26.5. The average Bonchev–Trinajstić information content (AvgIpc) is 3.25. The minimum absolute atomic E-state index is 0.738. The van der Waals surface area contributed by atoms with Gasteiger partial charge < -0.3 is 18.9 Å². The second kappa shape index (κ2) is 17.5. The van der Waals surface area contributed by atoms with Gasteiger partial charge in [-0.3, -0.25) is 10.6 Å². The van der Waals surface area contributed by atoms with Crippen LogP contribution in [0.15, 0.2) is 146 Å². The molecule has 278 valence electrons. The molecule has 0 bridgehead atoms. The van der Waals surface area contributed by atoms with Gasteiger partial charge in [0.1, 0.15) is 23.0 Å². The number of rotatable bonds is 17. The minimum Gasteiger partial charge on any atom is -0.497 e. The van der Waals surface area contributed by atoms with Crippen LogP contribution in [-0.4, -0.2) is 41.5 Å². The first-order valence-corrected chi connectivity index (χ1v) is 18.8. The Labute approximate surface area is 321 Å². The standard InChI is InChI=1S/C48H52N2O4/c1-7-33-49-47(35-17-25-39(51-3)26-18-35,36-19-27-40(52-4)28-20-36)45-15-11-9-13-43(45)44-14-10-12-16-46(44)48(50-34-8-2,37-21-29-41(53-5)30-22-37)38-23-31-42(54-6)32-24-38/h9-32,49-50H,7-8,33-34H2,1-6H3. The predicted molar refractivity (Wildman–Crippen MR) is 220 cm³/mol. The molecule has 6 aromatic rings. The van der Waals surface area contributed by atoms with E-state index in [0.717, 1.165) is 93.4 Å². The SMILES string of the molecule is CCCNC(c1ccc(OC)cc1)(c1ccc(OC)cc1)c1ccccc1-c1ccccc1C(NCCC)(c1ccc(OC)cc1)c1ccc(OC)cc1. The third kappa shape index (κ3) is 7.32. The summed E-state index contributed by atoms with van der Waals surface area (Å²) in [6, 6.07) is 51.4. The van der Waals surface area contributed by atoms with Crippen LogP contribution < -0.4 is 29.6 Å². The van der Waals surface area contributed by atoms with Crippen molar-refractivity contribution in [3.63, 3.8) is 0 Å². The summed E-state index contributed by atoms with van der Waals surface area (Å²) >= 11 is 0. The fourth-order valence-corrected chi connectivity index (χ4v) is 7.63. The molecule has 0 saturated heterocycles. The third-order valence-electron chi connectivity index (χ3n) is 10.3. The molecule has 0 saturated carbocycles. The number of hydrogen-bond acceptors (Lipinski definition) is 6. The molecule has 0 aromatic heterocycles. The minimum atomic E-state index is -0.738. The highest BCUT2D eigenvalue weighted by atomic mass is 16.5. The van der Waals surface area contributed by atoms with Crippen molar-refractivity contribution < 1.29 is 18.9 Å². The molecule has 0 spiro atoms. The number of methoxy groups -OCH3 is 4. The smallest absolute Gasteiger partial charge is 0.118 e. The van der Waals surface area contributed by atoms with Crippen molar-refractivity contribution in [3.8, 4) is 34.1 Å². The Bertz CT molecular complexity index is 1830. The van der Waals surface area contributed by atoms with Gasteiger partial charge in [0, 0.05) is 0 Å². The van der Waals surface area contributed by atoms with Crippen LogP contribution in [0.1, 0.15) is 60.1 Å². The normalized spacial score (nSPS) is 11.6. The predicted octanol–water partition coefficient (Wildman–Crippen LogP) is 9.97. The molecule has 0 atom stereocenters. The second-order valence-corrected chi connectivity index (χ2v) is 13.4. The van der Waals surface area contributed by atoms with Gasteiger partial charge in [-0.1, -0.05) is 111 Å². The summed E-state index contributed by atoms with van der Waals surface area (Å²) in [4.78, 5) is 0. The Morgan fingerprint density at radius 3 is 0.870 bits per heavy atom. The van der Waals surface area contributed by atoms with E-state index >= 15 is 0 Å². The summed E-state index contributed by atoms with van der Waals surface area (Å²) in [6.45, 7) is 5.98. The van der Waals surface area contributed by atoms with Crippen LogP contribution in [0, 0.1) is 0 Å². The summed E-state index contributed by atoms with van der Waals surface area (Å²) in [5, 5.41) is 8.15. The zero-order chi connectivity index (χ0) is 38.0. The van der Waals surface area contributed by atoms with Gasteiger partial charge in [-0.25, -0.2) is 0 Å². The molecule has 6 nitrogen and oxygen atoms in total. The van der Waals surface area contributed by atoms with Gasteiger partial charge in [0.15, 0.2) is 0 Å². The molecule has 0 radical (unpaired) electrons. The topological polar surface area (TPSA) is 61.0 Å². The highest BCUT2D eigenvalue weighted by molar-refractivity contribution is 5.77. The first kappa shape index (κ1) is 38.2. The van der Waals surface area contributed by atoms with Crippen molar-refractivity contribution >= 4 is 0 Å². The molecular weight excluding hydrogens is 669 g/mol. The fourth-order valence-electron chi connectivity index (χ4n) is 7.63. The number of ether oxygens (including phenoxy) is 4. The lowest BCUT2D eigenvalue weighted by molar-refractivity contribution is 0.412. The van der Waals surface area contributed by atoms with Crippen molar-refractivity contribution in [2.45, 2.75) is 37.8 Å². The van der Waals surface area contributed by atoms with Gasteiger partial charge in [-0.05, 0) is 119 Å². The lowest BCUT2D eigenvalue weighted by Gasteiger charge is -2.41. The van der Waals surface area contributed by atoms with Crippen molar-refractivity contribution in [2.75, 3.05) is 41.5 Å². The molecule has 0 aliphatic rings. The molecule has 0 heterocycles. The van der Waals surface area contributed by atoms with E-state index in [2.05, 4.69) is 122 Å². The maximum Gasteiger partial charge on any atom is 0.118 e.